The SMILES string of the molecule is Cc1nc2cc(NC3CCCC3CO)c(N)cc2s1. The van der Waals surface area contributed by atoms with E-state index in [1.54, 1.807) is 11.3 Å². The summed E-state index contributed by atoms with van der Waals surface area (Å²) in [6.45, 7) is 2.25. The maximum Gasteiger partial charge on any atom is 0.0907 e. The fraction of sp³-hybridized carbons (Fsp3) is 0.500. The van der Waals surface area contributed by atoms with Crippen molar-refractivity contribution in [3.05, 3.63) is 17.1 Å². The van der Waals surface area contributed by atoms with Crippen molar-refractivity contribution in [2.75, 3.05) is 17.7 Å². The molecule has 0 aliphatic heterocycles. The summed E-state index contributed by atoms with van der Waals surface area (Å²) in [6, 6.07) is 4.34. The highest BCUT2D eigenvalue weighted by molar-refractivity contribution is 7.18. The van der Waals surface area contributed by atoms with E-state index in [9.17, 15) is 5.11 Å². The monoisotopic (exact) mass is 277 g/mol. The van der Waals surface area contributed by atoms with E-state index in [4.69, 9.17) is 5.73 Å². The second kappa shape index (κ2) is 4.98. The number of aryl methyl sites for hydroxylation is 1. The van der Waals surface area contributed by atoms with E-state index in [1.165, 1.54) is 6.42 Å². The first-order chi connectivity index (χ1) is 9.17. The van der Waals surface area contributed by atoms with E-state index in [0.29, 0.717) is 12.0 Å². The Kier molecular flexibility index (Phi) is 3.33. The molecule has 2 aromatic rings. The van der Waals surface area contributed by atoms with Crippen LogP contribution in [-0.4, -0.2) is 22.7 Å². The summed E-state index contributed by atoms with van der Waals surface area (Å²) >= 11 is 1.66. The molecule has 1 aromatic carbocycles. The number of hydrogen-bond acceptors (Lipinski definition) is 5. The summed E-state index contributed by atoms with van der Waals surface area (Å²) in [7, 11) is 0. The van der Waals surface area contributed by atoms with Gasteiger partial charge in [0.25, 0.3) is 0 Å². The van der Waals surface area contributed by atoms with Crippen LogP contribution in [0.5, 0.6) is 0 Å². The van der Waals surface area contributed by atoms with Crippen LogP contribution in [0.4, 0.5) is 11.4 Å². The lowest BCUT2D eigenvalue weighted by Gasteiger charge is -2.21. The first kappa shape index (κ1) is 12.7. The van der Waals surface area contributed by atoms with E-state index >= 15 is 0 Å². The van der Waals surface area contributed by atoms with Gasteiger partial charge in [0.15, 0.2) is 0 Å². The molecule has 0 saturated heterocycles. The van der Waals surface area contributed by atoms with Crippen molar-refractivity contribution in [2.24, 2.45) is 5.92 Å². The van der Waals surface area contributed by atoms with Gasteiger partial charge in [-0.05, 0) is 31.9 Å². The predicted molar refractivity (Wildman–Crippen MR) is 80.6 cm³/mol. The molecular formula is C14H19N3OS. The van der Waals surface area contributed by atoms with E-state index in [0.717, 1.165) is 39.4 Å². The summed E-state index contributed by atoms with van der Waals surface area (Å²) in [6.07, 6.45) is 3.35. The number of hydrogen-bond donors (Lipinski definition) is 3. The summed E-state index contributed by atoms with van der Waals surface area (Å²) in [5, 5.41) is 13.9. The van der Waals surface area contributed by atoms with Crippen molar-refractivity contribution in [3.8, 4) is 0 Å². The van der Waals surface area contributed by atoms with Gasteiger partial charge < -0.3 is 16.2 Å². The number of thiazole rings is 1. The minimum atomic E-state index is 0.246. The van der Waals surface area contributed by atoms with Gasteiger partial charge in [0, 0.05) is 18.6 Å². The molecule has 0 amide bonds. The number of nitrogens with zero attached hydrogens (tertiary/aromatic N) is 1. The molecule has 1 saturated carbocycles. The van der Waals surface area contributed by atoms with Crippen LogP contribution in [0.15, 0.2) is 12.1 Å². The van der Waals surface area contributed by atoms with Gasteiger partial charge in [-0.3, -0.25) is 0 Å². The number of nitrogens with one attached hydrogen (secondary N) is 1. The molecule has 5 heteroatoms. The Morgan fingerprint density at radius 2 is 2.32 bits per heavy atom. The number of nitrogen functional groups attached to an aromatic ring is 1. The standard InChI is InChI=1S/C14H19N3OS/c1-8-16-13-6-12(10(15)5-14(13)19-8)17-11-4-2-3-9(11)7-18/h5-6,9,11,17-18H,2-4,7,15H2,1H3. The summed E-state index contributed by atoms with van der Waals surface area (Å²) in [5.41, 5.74) is 8.82. The van der Waals surface area contributed by atoms with E-state index in [-0.39, 0.29) is 6.61 Å². The number of rotatable bonds is 3. The maximum absolute atomic E-state index is 9.38. The second-order valence-electron chi connectivity index (χ2n) is 5.26. The Balaban J connectivity index is 1.89. The third-order valence-corrected chi connectivity index (χ3v) is 4.83. The molecule has 4 nitrogen and oxygen atoms in total. The molecule has 2 atom stereocenters. The highest BCUT2D eigenvalue weighted by atomic mass is 32.1. The Hall–Kier alpha value is -1.33. The van der Waals surface area contributed by atoms with Gasteiger partial charge in [-0.25, -0.2) is 4.98 Å². The van der Waals surface area contributed by atoms with Crippen molar-refractivity contribution >= 4 is 32.9 Å². The Morgan fingerprint density at radius 1 is 1.47 bits per heavy atom. The van der Waals surface area contributed by atoms with E-state index < -0.39 is 0 Å². The number of nitrogens with two attached hydrogens (primary N) is 1. The molecule has 1 fully saturated rings. The normalized spacial score (nSPS) is 23.1. The third kappa shape index (κ3) is 2.40. The smallest absolute Gasteiger partial charge is 0.0907 e. The van der Waals surface area contributed by atoms with E-state index in [1.807, 2.05) is 19.1 Å². The highest BCUT2D eigenvalue weighted by Crippen LogP contribution is 2.33. The molecule has 1 aromatic heterocycles. The number of fused-ring (bicyclic) bond motifs is 1. The molecule has 2 unspecified atom stereocenters. The maximum atomic E-state index is 9.38. The molecule has 19 heavy (non-hydrogen) atoms. The van der Waals surface area contributed by atoms with Crippen LogP contribution in [0.25, 0.3) is 10.2 Å². The van der Waals surface area contributed by atoms with Gasteiger partial charge in [-0.1, -0.05) is 6.42 Å². The van der Waals surface area contributed by atoms with Crippen LogP contribution in [-0.2, 0) is 0 Å². The second-order valence-corrected chi connectivity index (χ2v) is 6.50. The van der Waals surface area contributed by atoms with Crippen molar-refractivity contribution in [3.63, 3.8) is 0 Å². The largest absolute Gasteiger partial charge is 0.397 e. The summed E-state index contributed by atoms with van der Waals surface area (Å²) < 4.78 is 1.13. The Labute approximate surface area is 116 Å². The zero-order valence-electron chi connectivity index (χ0n) is 11.0. The summed E-state index contributed by atoms with van der Waals surface area (Å²) in [4.78, 5) is 4.50. The number of aromatic nitrogens is 1. The van der Waals surface area contributed by atoms with Gasteiger partial charge in [0.1, 0.15) is 0 Å². The average Bonchev–Trinajstić information content (AvgIpc) is 2.95. The van der Waals surface area contributed by atoms with Crippen LogP contribution in [0.1, 0.15) is 24.3 Å². The molecule has 0 bridgehead atoms. The molecule has 3 rings (SSSR count). The molecule has 4 N–H and O–H groups in total. The average molecular weight is 277 g/mol. The van der Waals surface area contributed by atoms with Crippen molar-refractivity contribution in [1.82, 2.24) is 4.98 Å². The third-order valence-electron chi connectivity index (χ3n) is 3.90. The fourth-order valence-corrected chi connectivity index (χ4v) is 3.73. The van der Waals surface area contributed by atoms with Gasteiger partial charge in [-0.2, -0.15) is 0 Å². The van der Waals surface area contributed by atoms with Crippen molar-refractivity contribution in [2.45, 2.75) is 32.2 Å². The van der Waals surface area contributed by atoms with Crippen LogP contribution in [0, 0.1) is 12.8 Å². The number of aliphatic hydroxyl groups excluding tert-OH is 1. The number of anilines is 2. The zero-order valence-corrected chi connectivity index (χ0v) is 11.8. The molecule has 0 spiro atoms. The lowest BCUT2D eigenvalue weighted by atomic mass is 10.0. The lowest BCUT2D eigenvalue weighted by molar-refractivity contribution is 0.222. The van der Waals surface area contributed by atoms with Gasteiger partial charge in [-0.15, -0.1) is 11.3 Å². The van der Waals surface area contributed by atoms with Crippen LogP contribution >= 0.6 is 11.3 Å². The van der Waals surface area contributed by atoms with Gasteiger partial charge in [0.05, 0.1) is 26.6 Å². The topological polar surface area (TPSA) is 71.2 Å². The molecular weight excluding hydrogens is 258 g/mol. The van der Waals surface area contributed by atoms with Crippen molar-refractivity contribution < 1.29 is 5.11 Å². The van der Waals surface area contributed by atoms with Gasteiger partial charge in [0.2, 0.25) is 0 Å². The van der Waals surface area contributed by atoms with E-state index in [2.05, 4.69) is 10.3 Å². The Morgan fingerprint density at radius 3 is 3.11 bits per heavy atom. The van der Waals surface area contributed by atoms with Crippen LogP contribution in [0.2, 0.25) is 0 Å². The minimum absolute atomic E-state index is 0.246. The molecule has 1 heterocycles. The molecule has 1 aliphatic rings. The van der Waals surface area contributed by atoms with Crippen LogP contribution < -0.4 is 11.1 Å². The number of aliphatic hydroxyl groups is 1. The zero-order chi connectivity index (χ0) is 13.4. The van der Waals surface area contributed by atoms with Crippen molar-refractivity contribution in [1.29, 1.82) is 0 Å². The molecule has 0 radical (unpaired) electrons. The molecule has 102 valence electrons. The number of benzene rings is 1. The minimum Gasteiger partial charge on any atom is -0.397 e. The first-order valence-electron chi connectivity index (χ1n) is 6.71. The lowest BCUT2D eigenvalue weighted by Crippen LogP contribution is -2.26. The Bertz CT molecular complexity index is 596. The molecule has 1 aliphatic carbocycles. The highest BCUT2D eigenvalue weighted by Gasteiger charge is 2.26. The fourth-order valence-electron chi connectivity index (χ4n) is 2.87. The quantitative estimate of drug-likeness (QED) is 0.754. The van der Waals surface area contributed by atoms with Gasteiger partial charge >= 0.3 is 0 Å². The first-order valence-corrected chi connectivity index (χ1v) is 7.53. The predicted octanol–water partition coefficient (Wildman–Crippen LogP) is 2.76. The van der Waals surface area contributed by atoms with Crippen LogP contribution in [0.3, 0.4) is 0 Å². The summed E-state index contributed by atoms with van der Waals surface area (Å²) in [5.74, 6) is 0.340.